The molecule has 1 rings (SSSR count). The van der Waals surface area contributed by atoms with Crippen LogP contribution in [0.3, 0.4) is 0 Å². The lowest BCUT2D eigenvalue weighted by atomic mass is 9.90. The highest BCUT2D eigenvalue weighted by atomic mass is 79.9. The quantitative estimate of drug-likeness (QED) is 0.483. The Balaban J connectivity index is 3.26. The van der Waals surface area contributed by atoms with Crippen LogP contribution in [0, 0.1) is 21.4 Å². The first kappa shape index (κ1) is 13.7. The van der Waals surface area contributed by atoms with Gasteiger partial charge in [0, 0.05) is 17.0 Å². The van der Waals surface area contributed by atoms with E-state index in [4.69, 9.17) is 5.26 Å². The molecule has 0 aromatic heterocycles. The number of non-ortho nitro benzene ring substituents is 1. The van der Waals surface area contributed by atoms with Gasteiger partial charge < -0.3 is 0 Å². The third-order valence-corrected chi connectivity index (χ3v) is 3.40. The molecule has 0 N–H and O–H groups in total. The summed E-state index contributed by atoms with van der Waals surface area (Å²) in [5, 5.41) is 19.7. The molecule has 4 nitrogen and oxygen atoms in total. The van der Waals surface area contributed by atoms with Crippen molar-refractivity contribution >= 4 is 21.6 Å². The zero-order valence-corrected chi connectivity index (χ0v) is 11.3. The summed E-state index contributed by atoms with van der Waals surface area (Å²) in [4.78, 5) is 10.4. The van der Waals surface area contributed by atoms with Crippen LogP contribution in [0.4, 0.5) is 5.69 Å². The van der Waals surface area contributed by atoms with Crippen LogP contribution >= 0.6 is 15.9 Å². The molecule has 0 radical (unpaired) electrons. The van der Waals surface area contributed by atoms with Crippen molar-refractivity contribution in [1.29, 1.82) is 5.26 Å². The molecule has 0 spiro atoms. The Kier molecular flexibility index (Phi) is 4.64. The topological polar surface area (TPSA) is 66.9 Å². The smallest absolute Gasteiger partial charge is 0.258 e. The number of hydrogen-bond donors (Lipinski definition) is 0. The van der Waals surface area contributed by atoms with Gasteiger partial charge in [-0.1, -0.05) is 35.8 Å². The summed E-state index contributed by atoms with van der Waals surface area (Å²) in [6.45, 7) is 4.04. The van der Waals surface area contributed by atoms with Crippen LogP contribution in [0.25, 0.3) is 0 Å². The normalized spacial score (nSPS) is 13.8. The van der Waals surface area contributed by atoms with Crippen LogP contribution in [0.2, 0.25) is 0 Å². The van der Waals surface area contributed by atoms with E-state index in [1.807, 2.05) is 19.9 Å². The van der Waals surface area contributed by atoms with Crippen LogP contribution in [0.1, 0.15) is 37.3 Å². The predicted octanol–water partition coefficient (Wildman–Crippen LogP) is 3.74. The number of alkyl halides is 1. The van der Waals surface area contributed by atoms with Crippen molar-refractivity contribution in [3.8, 4) is 6.07 Å². The molecule has 0 heterocycles. The minimum absolute atomic E-state index is 0.0395. The fourth-order valence-electron chi connectivity index (χ4n) is 1.87. The lowest BCUT2D eigenvalue weighted by molar-refractivity contribution is -0.384. The minimum atomic E-state index is -0.483. The fraction of sp³-hybridized carbons (Fsp3) is 0.417. The first-order chi connectivity index (χ1) is 8.01. The van der Waals surface area contributed by atoms with Gasteiger partial charge in [0.25, 0.3) is 5.69 Å². The van der Waals surface area contributed by atoms with Gasteiger partial charge >= 0.3 is 0 Å². The van der Waals surface area contributed by atoms with Crippen LogP contribution in [-0.2, 0) is 0 Å². The van der Waals surface area contributed by atoms with Gasteiger partial charge in [-0.15, -0.1) is 0 Å². The maximum atomic E-state index is 10.6. The number of nitro groups is 1. The summed E-state index contributed by atoms with van der Waals surface area (Å²) in [7, 11) is 0. The van der Waals surface area contributed by atoms with Crippen LogP contribution in [0.5, 0.6) is 0 Å². The molecule has 0 bridgehead atoms. The van der Waals surface area contributed by atoms with Crippen molar-refractivity contribution in [2.24, 2.45) is 0 Å². The molecule has 0 fully saturated rings. The number of nitriles is 1. The monoisotopic (exact) mass is 296 g/mol. The number of nitrogens with zero attached hydrogens (tertiary/aromatic N) is 2. The molecule has 0 saturated carbocycles. The molecule has 2 atom stereocenters. The van der Waals surface area contributed by atoms with Crippen molar-refractivity contribution in [2.45, 2.75) is 31.0 Å². The number of halogens is 1. The lowest BCUT2D eigenvalue weighted by Gasteiger charge is -2.19. The van der Waals surface area contributed by atoms with E-state index >= 15 is 0 Å². The highest BCUT2D eigenvalue weighted by Gasteiger charge is 2.20. The summed E-state index contributed by atoms with van der Waals surface area (Å²) in [5.74, 6) is 0.186. The molecule has 0 aliphatic carbocycles. The summed E-state index contributed by atoms with van der Waals surface area (Å²) in [6.07, 6.45) is 0.874. The van der Waals surface area contributed by atoms with E-state index in [-0.39, 0.29) is 16.4 Å². The van der Waals surface area contributed by atoms with E-state index in [1.165, 1.54) is 12.1 Å². The predicted molar refractivity (Wildman–Crippen MR) is 69.2 cm³/mol. The van der Waals surface area contributed by atoms with Gasteiger partial charge in [-0.2, -0.15) is 5.26 Å². The summed E-state index contributed by atoms with van der Waals surface area (Å²) >= 11 is 3.51. The largest absolute Gasteiger partial charge is 0.270 e. The molecular formula is C12H13BrN2O2. The number of hydrogen-bond acceptors (Lipinski definition) is 3. The molecule has 0 saturated heterocycles. The van der Waals surface area contributed by atoms with Gasteiger partial charge in [0.05, 0.1) is 16.6 Å². The molecule has 1 aromatic rings. The summed E-state index contributed by atoms with van der Waals surface area (Å²) in [5.41, 5.74) is 1.21. The van der Waals surface area contributed by atoms with Gasteiger partial charge in [0.2, 0.25) is 0 Å². The number of nitro benzene ring substituents is 1. The van der Waals surface area contributed by atoms with Gasteiger partial charge in [-0.25, -0.2) is 0 Å². The molecule has 90 valence electrons. The molecule has 5 heteroatoms. The molecule has 0 aliphatic rings. The van der Waals surface area contributed by atoms with Crippen LogP contribution < -0.4 is 0 Å². The Morgan fingerprint density at radius 3 is 2.65 bits per heavy atom. The first-order valence-corrected chi connectivity index (χ1v) is 6.25. The molecular weight excluding hydrogens is 284 g/mol. The molecule has 0 aliphatic heterocycles. The van der Waals surface area contributed by atoms with Crippen molar-refractivity contribution in [3.05, 3.63) is 39.4 Å². The maximum Gasteiger partial charge on any atom is 0.270 e. The highest BCUT2D eigenvalue weighted by Crippen LogP contribution is 2.31. The standard InChI is InChI=1S/C12H13BrN2O2/c1-3-11(8(2)13)12-5-4-10(15(16)17)6-9(12)7-14/h4-6,8,11H,3H2,1-2H3. The Bertz CT molecular complexity index is 466. The number of rotatable bonds is 4. The Morgan fingerprint density at radius 1 is 1.59 bits per heavy atom. The second-order valence-corrected chi connectivity index (χ2v) is 5.28. The van der Waals surface area contributed by atoms with E-state index in [1.54, 1.807) is 6.07 Å². The second-order valence-electron chi connectivity index (χ2n) is 3.83. The Labute approximate surface area is 109 Å². The van der Waals surface area contributed by atoms with E-state index in [2.05, 4.69) is 15.9 Å². The van der Waals surface area contributed by atoms with E-state index in [0.717, 1.165) is 12.0 Å². The van der Waals surface area contributed by atoms with Crippen molar-refractivity contribution in [1.82, 2.24) is 0 Å². The first-order valence-electron chi connectivity index (χ1n) is 5.33. The molecule has 0 amide bonds. The lowest BCUT2D eigenvalue weighted by Crippen LogP contribution is -2.09. The Hall–Kier alpha value is -1.41. The average molecular weight is 297 g/mol. The summed E-state index contributed by atoms with van der Waals surface area (Å²) < 4.78 is 0. The van der Waals surface area contributed by atoms with Gasteiger partial charge in [-0.05, 0) is 17.9 Å². The highest BCUT2D eigenvalue weighted by molar-refractivity contribution is 9.09. The van der Waals surface area contributed by atoms with Crippen molar-refractivity contribution in [2.75, 3.05) is 0 Å². The molecule has 17 heavy (non-hydrogen) atoms. The maximum absolute atomic E-state index is 10.6. The van der Waals surface area contributed by atoms with Crippen molar-refractivity contribution < 1.29 is 4.92 Å². The van der Waals surface area contributed by atoms with E-state index < -0.39 is 4.92 Å². The van der Waals surface area contributed by atoms with Gasteiger partial charge in [0.1, 0.15) is 0 Å². The number of benzene rings is 1. The molecule has 2 unspecified atom stereocenters. The second kappa shape index (κ2) is 5.78. The van der Waals surface area contributed by atoms with Crippen LogP contribution in [0.15, 0.2) is 18.2 Å². The third-order valence-electron chi connectivity index (χ3n) is 2.76. The van der Waals surface area contributed by atoms with E-state index in [0.29, 0.717) is 5.56 Å². The Morgan fingerprint density at radius 2 is 2.24 bits per heavy atom. The fourth-order valence-corrected chi connectivity index (χ4v) is 2.53. The third kappa shape index (κ3) is 3.04. The van der Waals surface area contributed by atoms with Crippen LogP contribution in [-0.4, -0.2) is 9.75 Å². The minimum Gasteiger partial charge on any atom is -0.258 e. The van der Waals surface area contributed by atoms with E-state index in [9.17, 15) is 10.1 Å². The summed E-state index contributed by atoms with van der Waals surface area (Å²) in [6, 6.07) is 6.51. The zero-order chi connectivity index (χ0) is 13.0. The zero-order valence-electron chi connectivity index (χ0n) is 9.68. The van der Waals surface area contributed by atoms with Gasteiger partial charge in [-0.3, -0.25) is 10.1 Å². The molecule has 1 aromatic carbocycles. The van der Waals surface area contributed by atoms with Crippen molar-refractivity contribution in [3.63, 3.8) is 0 Å². The van der Waals surface area contributed by atoms with Gasteiger partial charge in [0.15, 0.2) is 0 Å². The SMILES string of the molecule is CCC(c1ccc([N+](=O)[O-])cc1C#N)C(C)Br. The average Bonchev–Trinajstić information content (AvgIpc) is 2.29.